The normalized spacial score (nSPS) is 11.3. The number of hydrogen-bond donors (Lipinski definition) is 1. The van der Waals surface area contributed by atoms with Gasteiger partial charge in [0.15, 0.2) is 5.65 Å². The maximum atomic E-state index is 12.6. The average molecular weight is 470 g/mol. The number of halogens is 3. The average Bonchev–Trinajstić information content (AvgIpc) is 3.18. The summed E-state index contributed by atoms with van der Waals surface area (Å²) < 4.78 is 44.9. The number of nitrogens with one attached hydrogen (secondary N) is 1. The third kappa shape index (κ3) is 5.31. The van der Waals surface area contributed by atoms with Crippen LogP contribution in [-0.4, -0.2) is 26.6 Å². The van der Waals surface area contributed by atoms with Crippen molar-refractivity contribution < 1.29 is 32.3 Å². The maximum absolute atomic E-state index is 12.6. The van der Waals surface area contributed by atoms with E-state index in [-0.39, 0.29) is 18.2 Å². The van der Waals surface area contributed by atoms with Crippen molar-refractivity contribution in [3.63, 3.8) is 0 Å². The van der Waals surface area contributed by atoms with Crippen molar-refractivity contribution in [3.8, 4) is 11.6 Å². The summed E-state index contributed by atoms with van der Waals surface area (Å²) >= 11 is 0. The molecule has 0 aliphatic heterocycles. The lowest BCUT2D eigenvalue weighted by atomic mass is 10.1. The summed E-state index contributed by atoms with van der Waals surface area (Å²) in [5.74, 6) is -0.205. The summed E-state index contributed by atoms with van der Waals surface area (Å²) in [6, 6.07) is 12.5. The summed E-state index contributed by atoms with van der Waals surface area (Å²) in [6.45, 7) is 1.27. The van der Waals surface area contributed by atoms with Crippen molar-refractivity contribution in [2.24, 2.45) is 0 Å². The Morgan fingerprint density at radius 1 is 1.00 bits per heavy atom. The first kappa shape index (κ1) is 22.8. The van der Waals surface area contributed by atoms with Crippen LogP contribution in [0.3, 0.4) is 0 Å². The number of benzene rings is 2. The van der Waals surface area contributed by atoms with Crippen molar-refractivity contribution in [3.05, 3.63) is 78.2 Å². The number of carbonyl (C=O) groups excluding carboxylic acids is 2. The molecule has 8 nitrogen and oxygen atoms in total. The minimum atomic E-state index is -4.42. The van der Waals surface area contributed by atoms with Crippen LogP contribution in [0.2, 0.25) is 0 Å². The summed E-state index contributed by atoms with van der Waals surface area (Å²) in [7, 11) is 0. The third-order valence-electron chi connectivity index (χ3n) is 4.64. The Morgan fingerprint density at radius 2 is 1.71 bits per heavy atom. The monoisotopic (exact) mass is 470 g/mol. The number of nitrogens with zero attached hydrogens (tertiary/aromatic N) is 3. The number of aromatic nitrogens is 3. The first-order valence-electron chi connectivity index (χ1n) is 9.94. The number of ether oxygens (including phenoxy) is 1. The van der Waals surface area contributed by atoms with Gasteiger partial charge in [-0.05, 0) is 48.0 Å². The molecule has 0 bridgehead atoms. The number of carbonyl (C=O) groups is 2. The minimum absolute atomic E-state index is 0.0748. The molecular formula is C23H17F3N4O4. The molecule has 2 heterocycles. The van der Waals surface area contributed by atoms with Crippen LogP contribution in [0.25, 0.3) is 11.0 Å². The van der Waals surface area contributed by atoms with Gasteiger partial charge in [0.25, 0.3) is 0 Å². The molecule has 4 aromatic rings. The summed E-state index contributed by atoms with van der Waals surface area (Å²) in [6.07, 6.45) is -1.71. The third-order valence-corrected chi connectivity index (χ3v) is 4.64. The Labute approximate surface area is 190 Å². The van der Waals surface area contributed by atoms with E-state index in [2.05, 4.69) is 15.3 Å². The standard InChI is InChI=1S/C23H17F3N4O4/c1-14(31)34-30-11-10-19-21(30)27-13-28-22(19)33-18-8-6-17(7-9-18)29-20(32)12-15-2-4-16(5-3-15)23(24,25)26/h2-11,13H,12H2,1H3,(H,29,32). The van der Waals surface area contributed by atoms with Gasteiger partial charge in [0, 0.05) is 18.8 Å². The van der Waals surface area contributed by atoms with Crippen molar-refractivity contribution in [1.82, 2.24) is 14.7 Å². The topological polar surface area (TPSA) is 95.3 Å². The van der Waals surface area contributed by atoms with E-state index in [9.17, 15) is 22.8 Å². The molecule has 11 heteroatoms. The van der Waals surface area contributed by atoms with Crippen LogP contribution in [0.1, 0.15) is 18.1 Å². The van der Waals surface area contributed by atoms with Crippen LogP contribution in [0.4, 0.5) is 18.9 Å². The Bertz CT molecular complexity index is 1330. The van der Waals surface area contributed by atoms with Crippen molar-refractivity contribution in [1.29, 1.82) is 0 Å². The molecule has 0 aliphatic carbocycles. The van der Waals surface area contributed by atoms with Gasteiger partial charge < -0.3 is 14.9 Å². The summed E-state index contributed by atoms with van der Waals surface area (Å²) in [4.78, 5) is 36.7. The zero-order valence-electron chi connectivity index (χ0n) is 17.7. The molecule has 0 spiro atoms. The fraction of sp³-hybridized carbons (Fsp3) is 0.130. The number of alkyl halides is 3. The van der Waals surface area contributed by atoms with E-state index >= 15 is 0 Å². The van der Waals surface area contributed by atoms with Crippen molar-refractivity contribution in [2.75, 3.05) is 5.32 Å². The molecule has 34 heavy (non-hydrogen) atoms. The van der Waals surface area contributed by atoms with Crippen LogP contribution in [0.15, 0.2) is 67.1 Å². The van der Waals surface area contributed by atoms with Crippen LogP contribution in [0.5, 0.6) is 11.6 Å². The molecule has 2 aromatic heterocycles. The highest BCUT2D eigenvalue weighted by Crippen LogP contribution is 2.30. The van der Waals surface area contributed by atoms with E-state index in [0.717, 1.165) is 12.1 Å². The highest BCUT2D eigenvalue weighted by atomic mass is 19.4. The predicted molar refractivity (Wildman–Crippen MR) is 115 cm³/mol. The largest absolute Gasteiger partial charge is 0.438 e. The summed E-state index contributed by atoms with van der Waals surface area (Å²) in [5.41, 5.74) is 0.528. The molecule has 0 saturated carbocycles. The lowest BCUT2D eigenvalue weighted by Gasteiger charge is -2.09. The molecule has 0 fully saturated rings. The van der Waals surface area contributed by atoms with Gasteiger partial charge in [-0.25, -0.2) is 14.8 Å². The predicted octanol–water partition coefficient (Wildman–Crippen LogP) is 4.40. The fourth-order valence-electron chi connectivity index (χ4n) is 3.12. The number of hydrogen-bond acceptors (Lipinski definition) is 6. The number of rotatable bonds is 6. The van der Waals surface area contributed by atoms with E-state index in [1.165, 1.54) is 36.3 Å². The second kappa shape index (κ2) is 9.22. The minimum Gasteiger partial charge on any atom is -0.438 e. The maximum Gasteiger partial charge on any atom is 0.416 e. The Morgan fingerprint density at radius 3 is 2.35 bits per heavy atom. The van der Waals surface area contributed by atoms with E-state index in [0.29, 0.717) is 28.0 Å². The molecule has 174 valence electrons. The highest BCUT2D eigenvalue weighted by Gasteiger charge is 2.30. The first-order chi connectivity index (χ1) is 16.2. The quantitative estimate of drug-likeness (QED) is 0.449. The van der Waals surface area contributed by atoms with E-state index in [4.69, 9.17) is 9.57 Å². The van der Waals surface area contributed by atoms with Crippen LogP contribution in [0, 0.1) is 0 Å². The van der Waals surface area contributed by atoms with E-state index < -0.39 is 17.7 Å². The smallest absolute Gasteiger partial charge is 0.416 e. The lowest BCUT2D eigenvalue weighted by molar-refractivity contribution is -0.141. The molecular weight excluding hydrogens is 453 g/mol. The Hall–Kier alpha value is -4.41. The summed E-state index contributed by atoms with van der Waals surface area (Å²) in [5, 5.41) is 3.21. The van der Waals surface area contributed by atoms with Gasteiger partial charge >= 0.3 is 12.1 Å². The molecule has 0 aliphatic rings. The second-order valence-corrected chi connectivity index (χ2v) is 7.19. The molecule has 1 amide bonds. The first-order valence-corrected chi connectivity index (χ1v) is 9.94. The van der Waals surface area contributed by atoms with Crippen molar-refractivity contribution in [2.45, 2.75) is 19.5 Å². The zero-order valence-corrected chi connectivity index (χ0v) is 17.7. The Balaban J connectivity index is 1.39. The lowest BCUT2D eigenvalue weighted by Crippen LogP contribution is -2.15. The fourth-order valence-corrected chi connectivity index (χ4v) is 3.12. The second-order valence-electron chi connectivity index (χ2n) is 7.19. The van der Waals surface area contributed by atoms with Gasteiger partial charge in [0.2, 0.25) is 11.8 Å². The highest BCUT2D eigenvalue weighted by molar-refractivity contribution is 5.92. The molecule has 0 saturated heterocycles. The van der Waals surface area contributed by atoms with Gasteiger partial charge in [-0.3, -0.25) is 4.79 Å². The van der Waals surface area contributed by atoms with Gasteiger partial charge in [-0.1, -0.05) is 12.1 Å². The molecule has 0 radical (unpaired) electrons. The van der Waals surface area contributed by atoms with E-state index in [1.807, 2.05) is 0 Å². The van der Waals surface area contributed by atoms with Gasteiger partial charge in [-0.15, -0.1) is 0 Å². The molecule has 1 N–H and O–H groups in total. The molecule has 2 aromatic carbocycles. The number of amides is 1. The van der Waals surface area contributed by atoms with E-state index in [1.54, 1.807) is 30.3 Å². The van der Waals surface area contributed by atoms with Gasteiger partial charge in [-0.2, -0.15) is 17.9 Å². The molecule has 0 atom stereocenters. The van der Waals surface area contributed by atoms with Gasteiger partial charge in [0.1, 0.15) is 12.1 Å². The van der Waals surface area contributed by atoms with Crippen molar-refractivity contribution >= 4 is 28.6 Å². The zero-order chi connectivity index (χ0) is 24.3. The molecule has 0 unspecified atom stereocenters. The molecule has 4 rings (SSSR count). The number of fused-ring (bicyclic) bond motifs is 1. The number of anilines is 1. The SMILES string of the molecule is CC(=O)On1ccc2c(Oc3ccc(NC(=O)Cc4ccc(C(F)(F)F)cc4)cc3)ncnc21. The van der Waals surface area contributed by atoms with Crippen LogP contribution in [-0.2, 0) is 22.2 Å². The van der Waals surface area contributed by atoms with Crippen LogP contribution >= 0.6 is 0 Å². The van der Waals surface area contributed by atoms with Crippen LogP contribution < -0.4 is 14.9 Å². The van der Waals surface area contributed by atoms with Gasteiger partial charge in [0.05, 0.1) is 17.4 Å². The Kier molecular flexibility index (Phi) is 6.17.